The average Bonchev–Trinajstić information content (AvgIpc) is 2.77. The minimum atomic E-state index is -0.134. The van der Waals surface area contributed by atoms with E-state index in [0.29, 0.717) is 13.1 Å². The van der Waals surface area contributed by atoms with Crippen molar-refractivity contribution in [3.8, 4) is 0 Å². The number of fused-ring (bicyclic) bond motifs is 1. The van der Waals surface area contributed by atoms with Crippen molar-refractivity contribution in [2.75, 3.05) is 6.54 Å². The summed E-state index contributed by atoms with van der Waals surface area (Å²) in [5, 5.41) is 5.34. The van der Waals surface area contributed by atoms with Gasteiger partial charge in [-0.2, -0.15) is 0 Å². The molecule has 0 fully saturated rings. The van der Waals surface area contributed by atoms with Crippen molar-refractivity contribution in [1.82, 2.24) is 20.6 Å². The van der Waals surface area contributed by atoms with Crippen LogP contribution in [-0.4, -0.2) is 28.3 Å². The van der Waals surface area contributed by atoms with Crippen molar-refractivity contribution in [2.45, 2.75) is 26.8 Å². The van der Waals surface area contributed by atoms with E-state index in [1.165, 1.54) is 6.92 Å². The summed E-state index contributed by atoms with van der Waals surface area (Å²) in [6.07, 6.45) is 0.263. The Morgan fingerprint density at radius 2 is 2.10 bits per heavy atom. The first kappa shape index (κ1) is 14.0. The van der Waals surface area contributed by atoms with E-state index in [0.717, 1.165) is 22.4 Å². The third-order valence-corrected chi connectivity index (χ3v) is 2.87. The fraction of sp³-hybridized carbons (Fsp3) is 0.357. The van der Waals surface area contributed by atoms with Gasteiger partial charge in [0.05, 0.1) is 17.6 Å². The molecule has 1 aromatic heterocycles. The first-order valence-corrected chi connectivity index (χ1v) is 6.51. The van der Waals surface area contributed by atoms with E-state index in [2.05, 4.69) is 20.6 Å². The zero-order chi connectivity index (χ0) is 14.5. The minimum absolute atomic E-state index is 0.115. The van der Waals surface area contributed by atoms with Crippen LogP contribution >= 0.6 is 0 Å². The number of imidazole rings is 1. The molecule has 2 aromatic rings. The highest BCUT2D eigenvalue weighted by molar-refractivity contribution is 5.78. The molecule has 0 radical (unpaired) electrons. The fourth-order valence-corrected chi connectivity index (χ4v) is 1.88. The summed E-state index contributed by atoms with van der Waals surface area (Å²) in [5.74, 6) is 0.472. The van der Waals surface area contributed by atoms with Crippen LogP contribution in [0.25, 0.3) is 11.0 Å². The lowest BCUT2D eigenvalue weighted by atomic mass is 10.2. The van der Waals surface area contributed by atoms with Crippen molar-refractivity contribution in [3.05, 3.63) is 29.6 Å². The van der Waals surface area contributed by atoms with E-state index in [1.807, 2.05) is 25.1 Å². The molecule has 106 valence electrons. The van der Waals surface area contributed by atoms with Crippen LogP contribution in [0.1, 0.15) is 24.7 Å². The Balaban J connectivity index is 1.86. The lowest BCUT2D eigenvalue weighted by molar-refractivity contribution is -0.121. The number of rotatable bonds is 5. The average molecular weight is 274 g/mol. The monoisotopic (exact) mass is 274 g/mol. The summed E-state index contributed by atoms with van der Waals surface area (Å²) in [4.78, 5) is 29.8. The number of aromatic nitrogens is 2. The molecule has 0 saturated heterocycles. The summed E-state index contributed by atoms with van der Waals surface area (Å²) < 4.78 is 0. The zero-order valence-corrected chi connectivity index (χ0v) is 11.6. The molecule has 6 nitrogen and oxygen atoms in total. The Labute approximate surface area is 117 Å². The molecule has 0 aliphatic rings. The zero-order valence-electron chi connectivity index (χ0n) is 11.6. The number of aryl methyl sites for hydroxylation is 1. The lowest BCUT2D eigenvalue weighted by Gasteiger charge is -2.03. The van der Waals surface area contributed by atoms with Gasteiger partial charge >= 0.3 is 0 Å². The predicted molar refractivity (Wildman–Crippen MR) is 76.0 cm³/mol. The molecule has 3 N–H and O–H groups in total. The maximum absolute atomic E-state index is 11.6. The molecule has 2 amide bonds. The summed E-state index contributed by atoms with van der Waals surface area (Å²) in [7, 11) is 0. The molecule has 0 spiro atoms. The molecule has 6 heteroatoms. The largest absolute Gasteiger partial charge is 0.356 e. The summed E-state index contributed by atoms with van der Waals surface area (Å²) in [5.41, 5.74) is 3.01. The molecule has 1 aromatic carbocycles. The number of nitrogens with zero attached hydrogens (tertiary/aromatic N) is 1. The van der Waals surface area contributed by atoms with Gasteiger partial charge in [0.1, 0.15) is 5.82 Å². The van der Waals surface area contributed by atoms with Crippen LogP contribution in [0, 0.1) is 6.92 Å². The van der Waals surface area contributed by atoms with E-state index >= 15 is 0 Å². The van der Waals surface area contributed by atoms with E-state index in [1.54, 1.807) is 0 Å². The van der Waals surface area contributed by atoms with Crippen LogP contribution in [-0.2, 0) is 16.1 Å². The number of carbonyl (C=O) groups excluding carboxylic acids is 2. The van der Waals surface area contributed by atoms with Crippen LogP contribution in [0.4, 0.5) is 0 Å². The van der Waals surface area contributed by atoms with Crippen LogP contribution in [0.2, 0.25) is 0 Å². The first-order valence-electron chi connectivity index (χ1n) is 6.51. The molecule has 1 heterocycles. The van der Waals surface area contributed by atoms with Crippen molar-refractivity contribution < 1.29 is 9.59 Å². The molecular formula is C14H18N4O2. The molecule has 0 aliphatic carbocycles. The van der Waals surface area contributed by atoms with Crippen LogP contribution in [0.3, 0.4) is 0 Å². The predicted octanol–water partition coefficient (Wildman–Crippen LogP) is 1.01. The number of H-pyrrole nitrogens is 1. The van der Waals surface area contributed by atoms with Crippen LogP contribution < -0.4 is 10.6 Å². The highest BCUT2D eigenvalue weighted by atomic mass is 16.2. The second-order valence-corrected chi connectivity index (χ2v) is 4.71. The second-order valence-electron chi connectivity index (χ2n) is 4.71. The maximum Gasteiger partial charge on any atom is 0.222 e. The van der Waals surface area contributed by atoms with Crippen molar-refractivity contribution in [2.24, 2.45) is 0 Å². The van der Waals surface area contributed by atoms with Crippen LogP contribution in [0.5, 0.6) is 0 Å². The molecular weight excluding hydrogens is 256 g/mol. The second kappa shape index (κ2) is 6.18. The SMILES string of the molecule is CC(=O)NCCC(=O)NCc1nc2ccc(C)cc2[nH]1. The highest BCUT2D eigenvalue weighted by Gasteiger charge is 2.05. The van der Waals surface area contributed by atoms with Gasteiger partial charge < -0.3 is 15.6 Å². The molecule has 0 aliphatic heterocycles. The van der Waals surface area contributed by atoms with Gasteiger partial charge in [-0.3, -0.25) is 9.59 Å². The number of aromatic amines is 1. The normalized spacial score (nSPS) is 10.5. The number of amides is 2. The summed E-state index contributed by atoms with van der Waals surface area (Å²) >= 11 is 0. The Hall–Kier alpha value is -2.37. The molecule has 0 saturated carbocycles. The van der Waals surface area contributed by atoms with Crippen molar-refractivity contribution in [1.29, 1.82) is 0 Å². The third-order valence-electron chi connectivity index (χ3n) is 2.87. The van der Waals surface area contributed by atoms with Gasteiger partial charge in [0.2, 0.25) is 11.8 Å². The van der Waals surface area contributed by atoms with Gasteiger partial charge in [-0.15, -0.1) is 0 Å². The Bertz CT molecular complexity index is 633. The van der Waals surface area contributed by atoms with Gasteiger partial charge in [0, 0.05) is 19.9 Å². The number of carbonyl (C=O) groups is 2. The molecule has 20 heavy (non-hydrogen) atoms. The highest BCUT2D eigenvalue weighted by Crippen LogP contribution is 2.12. The van der Waals surface area contributed by atoms with Gasteiger partial charge in [-0.25, -0.2) is 4.98 Å². The van der Waals surface area contributed by atoms with Crippen molar-refractivity contribution >= 4 is 22.8 Å². The van der Waals surface area contributed by atoms with E-state index < -0.39 is 0 Å². The number of benzene rings is 1. The van der Waals surface area contributed by atoms with E-state index in [9.17, 15) is 9.59 Å². The summed E-state index contributed by atoms with van der Waals surface area (Å²) in [6.45, 7) is 4.14. The topological polar surface area (TPSA) is 86.9 Å². The fourth-order valence-electron chi connectivity index (χ4n) is 1.88. The molecule has 0 unspecified atom stereocenters. The van der Waals surface area contributed by atoms with Crippen molar-refractivity contribution in [3.63, 3.8) is 0 Å². The lowest BCUT2D eigenvalue weighted by Crippen LogP contribution is -2.29. The maximum atomic E-state index is 11.6. The Morgan fingerprint density at radius 3 is 2.85 bits per heavy atom. The summed E-state index contributed by atoms with van der Waals surface area (Å²) in [6, 6.07) is 5.96. The number of hydrogen-bond donors (Lipinski definition) is 3. The number of nitrogens with one attached hydrogen (secondary N) is 3. The van der Waals surface area contributed by atoms with Crippen LogP contribution in [0.15, 0.2) is 18.2 Å². The number of hydrogen-bond acceptors (Lipinski definition) is 3. The quantitative estimate of drug-likeness (QED) is 0.760. The molecule has 0 atom stereocenters. The smallest absolute Gasteiger partial charge is 0.222 e. The Morgan fingerprint density at radius 1 is 1.30 bits per heavy atom. The van der Waals surface area contributed by atoms with Gasteiger partial charge in [0.15, 0.2) is 0 Å². The molecule has 2 rings (SSSR count). The van der Waals surface area contributed by atoms with Gasteiger partial charge in [-0.1, -0.05) is 6.07 Å². The minimum Gasteiger partial charge on any atom is -0.356 e. The standard InChI is InChI=1S/C14H18N4O2/c1-9-3-4-11-12(7-9)18-13(17-11)8-16-14(20)5-6-15-10(2)19/h3-4,7H,5-6,8H2,1-2H3,(H,15,19)(H,16,20)(H,17,18). The molecule has 0 bridgehead atoms. The Kier molecular flexibility index (Phi) is 4.34. The van der Waals surface area contributed by atoms with Gasteiger partial charge in [0.25, 0.3) is 0 Å². The van der Waals surface area contributed by atoms with E-state index in [-0.39, 0.29) is 18.2 Å². The van der Waals surface area contributed by atoms with E-state index in [4.69, 9.17) is 0 Å². The third kappa shape index (κ3) is 3.81. The first-order chi connectivity index (χ1) is 9.54. The van der Waals surface area contributed by atoms with Gasteiger partial charge in [-0.05, 0) is 24.6 Å².